The minimum Gasteiger partial charge on any atom is -0.372 e. The molecule has 0 aliphatic carbocycles. The molecular formula is C10H14ClN3. The number of aromatic nitrogens is 1. The van der Waals surface area contributed by atoms with Gasteiger partial charge in [-0.1, -0.05) is 18.2 Å². The minimum absolute atomic E-state index is 0.496. The standard InChI is InChI=1S/C10H14ClN3/c1-4-12-8(2)14(3)9-5-6-10(11)13-7-9/h5-7,12H,2,4H2,1,3H3. The van der Waals surface area contributed by atoms with E-state index in [-0.39, 0.29) is 0 Å². The fraction of sp³-hybridized carbons (Fsp3) is 0.300. The zero-order chi connectivity index (χ0) is 10.6. The van der Waals surface area contributed by atoms with Crippen LogP contribution < -0.4 is 10.2 Å². The first-order chi connectivity index (χ1) is 6.65. The first-order valence-corrected chi connectivity index (χ1v) is 4.81. The molecule has 0 unspecified atom stereocenters. The van der Waals surface area contributed by atoms with Crippen molar-refractivity contribution in [3.8, 4) is 0 Å². The molecule has 3 nitrogen and oxygen atoms in total. The van der Waals surface area contributed by atoms with Crippen molar-refractivity contribution in [3.05, 3.63) is 35.9 Å². The number of rotatable bonds is 4. The number of pyridine rings is 1. The summed E-state index contributed by atoms with van der Waals surface area (Å²) in [4.78, 5) is 5.92. The van der Waals surface area contributed by atoms with Gasteiger partial charge in [0.05, 0.1) is 17.7 Å². The number of hydrogen-bond donors (Lipinski definition) is 1. The normalized spacial score (nSPS) is 9.64. The van der Waals surface area contributed by atoms with Crippen LogP contribution in [0.4, 0.5) is 5.69 Å². The Hall–Kier alpha value is -1.22. The highest BCUT2D eigenvalue weighted by Gasteiger charge is 2.03. The average molecular weight is 212 g/mol. The van der Waals surface area contributed by atoms with E-state index in [9.17, 15) is 0 Å². The fourth-order valence-corrected chi connectivity index (χ4v) is 1.16. The van der Waals surface area contributed by atoms with E-state index in [0.29, 0.717) is 5.15 Å². The first-order valence-electron chi connectivity index (χ1n) is 4.43. The van der Waals surface area contributed by atoms with Gasteiger partial charge in [0.2, 0.25) is 0 Å². The molecule has 1 heterocycles. The van der Waals surface area contributed by atoms with Crippen LogP contribution in [0.25, 0.3) is 0 Å². The second-order valence-corrected chi connectivity index (χ2v) is 3.26. The lowest BCUT2D eigenvalue weighted by molar-refractivity contribution is 0.813. The van der Waals surface area contributed by atoms with Crippen LogP contribution in [0.15, 0.2) is 30.7 Å². The quantitative estimate of drug-likeness (QED) is 0.775. The predicted molar refractivity (Wildman–Crippen MR) is 60.5 cm³/mol. The molecule has 1 aromatic rings. The van der Waals surface area contributed by atoms with Crippen LogP contribution in [0.1, 0.15) is 6.92 Å². The van der Waals surface area contributed by atoms with Crippen LogP contribution in [0.3, 0.4) is 0 Å². The van der Waals surface area contributed by atoms with Crippen LogP contribution in [0, 0.1) is 0 Å². The molecule has 0 saturated carbocycles. The molecule has 1 N–H and O–H groups in total. The zero-order valence-corrected chi connectivity index (χ0v) is 9.17. The van der Waals surface area contributed by atoms with Crippen molar-refractivity contribution < 1.29 is 0 Å². The highest BCUT2D eigenvalue weighted by Crippen LogP contribution is 2.15. The Balaban J connectivity index is 2.73. The van der Waals surface area contributed by atoms with Crippen LogP contribution >= 0.6 is 11.6 Å². The highest BCUT2D eigenvalue weighted by molar-refractivity contribution is 6.29. The van der Waals surface area contributed by atoms with Gasteiger partial charge in [-0.15, -0.1) is 0 Å². The van der Waals surface area contributed by atoms with Crippen molar-refractivity contribution in [1.29, 1.82) is 0 Å². The molecule has 1 rings (SSSR count). The summed E-state index contributed by atoms with van der Waals surface area (Å²) in [7, 11) is 1.93. The number of nitrogens with zero attached hydrogens (tertiary/aromatic N) is 2. The maximum Gasteiger partial charge on any atom is 0.129 e. The molecule has 0 aromatic carbocycles. The van der Waals surface area contributed by atoms with Crippen molar-refractivity contribution >= 4 is 17.3 Å². The van der Waals surface area contributed by atoms with E-state index in [4.69, 9.17) is 11.6 Å². The van der Waals surface area contributed by atoms with Gasteiger partial charge in [0.1, 0.15) is 5.15 Å². The third-order valence-corrected chi connectivity index (χ3v) is 2.11. The molecule has 0 aliphatic rings. The lowest BCUT2D eigenvalue weighted by Gasteiger charge is -2.21. The monoisotopic (exact) mass is 211 g/mol. The molecule has 4 heteroatoms. The summed E-state index contributed by atoms with van der Waals surface area (Å²) in [5.74, 6) is 0.844. The van der Waals surface area contributed by atoms with E-state index in [2.05, 4.69) is 16.9 Å². The van der Waals surface area contributed by atoms with Gasteiger partial charge in [0.15, 0.2) is 0 Å². The van der Waals surface area contributed by atoms with E-state index in [1.807, 2.05) is 24.9 Å². The van der Waals surface area contributed by atoms with Crippen LogP contribution in [-0.4, -0.2) is 18.6 Å². The van der Waals surface area contributed by atoms with Crippen molar-refractivity contribution in [2.24, 2.45) is 0 Å². The molecule has 0 aliphatic heterocycles. The average Bonchev–Trinajstić information content (AvgIpc) is 2.18. The minimum atomic E-state index is 0.496. The maximum atomic E-state index is 5.69. The van der Waals surface area contributed by atoms with Gasteiger partial charge in [-0.3, -0.25) is 0 Å². The molecule has 0 bridgehead atoms. The van der Waals surface area contributed by atoms with Crippen molar-refractivity contribution in [1.82, 2.24) is 10.3 Å². The maximum absolute atomic E-state index is 5.69. The second-order valence-electron chi connectivity index (χ2n) is 2.88. The summed E-state index contributed by atoms with van der Waals surface area (Å²) in [5, 5.41) is 3.63. The zero-order valence-electron chi connectivity index (χ0n) is 8.42. The highest BCUT2D eigenvalue weighted by atomic mass is 35.5. The van der Waals surface area contributed by atoms with Crippen molar-refractivity contribution in [2.75, 3.05) is 18.5 Å². The third kappa shape index (κ3) is 2.64. The van der Waals surface area contributed by atoms with Gasteiger partial charge < -0.3 is 10.2 Å². The fourth-order valence-electron chi connectivity index (χ4n) is 1.04. The van der Waals surface area contributed by atoms with Gasteiger partial charge >= 0.3 is 0 Å². The van der Waals surface area contributed by atoms with Gasteiger partial charge in [-0.25, -0.2) is 4.98 Å². The summed E-state index contributed by atoms with van der Waals surface area (Å²) in [6.07, 6.45) is 1.71. The molecule has 14 heavy (non-hydrogen) atoms. The molecule has 0 radical (unpaired) electrons. The molecule has 0 atom stereocenters. The van der Waals surface area contributed by atoms with Crippen molar-refractivity contribution in [3.63, 3.8) is 0 Å². The van der Waals surface area contributed by atoms with Crippen LogP contribution in [-0.2, 0) is 0 Å². The van der Waals surface area contributed by atoms with E-state index in [0.717, 1.165) is 18.1 Å². The van der Waals surface area contributed by atoms with Crippen LogP contribution in [0.2, 0.25) is 5.15 Å². The van der Waals surface area contributed by atoms with Gasteiger partial charge in [-0.05, 0) is 19.1 Å². The lowest BCUT2D eigenvalue weighted by atomic mass is 10.4. The Morgan fingerprint density at radius 1 is 1.64 bits per heavy atom. The van der Waals surface area contributed by atoms with E-state index in [1.54, 1.807) is 12.3 Å². The van der Waals surface area contributed by atoms with Gasteiger partial charge in [0.25, 0.3) is 0 Å². The summed E-state index contributed by atoms with van der Waals surface area (Å²) in [6, 6.07) is 3.66. The van der Waals surface area contributed by atoms with E-state index >= 15 is 0 Å². The van der Waals surface area contributed by atoms with Crippen LogP contribution in [0.5, 0.6) is 0 Å². The number of halogens is 1. The molecule has 0 saturated heterocycles. The van der Waals surface area contributed by atoms with E-state index < -0.39 is 0 Å². The topological polar surface area (TPSA) is 28.2 Å². The lowest BCUT2D eigenvalue weighted by Crippen LogP contribution is -2.27. The first kappa shape index (κ1) is 10.9. The SMILES string of the molecule is C=C(NCC)N(C)c1ccc(Cl)nc1. The van der Waals surface area contributed by atoms with Crippen molar-refractivity contribution in [2.45, 2.75) is 6.92 Å². The molecule has 0 amide bonds. The Bertz CT molecular complexity index is 308. The number of nitrogens with one attached hydrogen (secondary N) is 1. The molecular weight excluding hydrogens is 198 g/mol. The smallest absolute Gasteiger partial charge is 0.129 e. The van der Waals surface area contributed by atoms with E-state index in [1.165, 1.54) is 0 Å². The molecule has 1 aromatic heterocycles. The summed E-state index contributed by atoms with van der Waals surface area (Å²) in [6.45, 7) is 6.78. The predicted octanol–water partition coefficient (Wildman–Crippen LogP) is 2.25. The summed E-state index contributed by atoms with van der Waals surface area (Å²) >= 11 is 5.69. The number of anilines is 1. The molecule has 0 fully saturated rings. The Morgan fingerprint density at radius 3 is 2.86 bits per heavy atom. The Labute approximate surface area is 89.4 Å². The van der Waals surface area contributed by atoms with Gasteiger partial charge in [-0.2, -0.15) is 0 Å². The molecule has 76 valence electrons. The largest absolute Gasteiger partial charge is 0.372 e. The summed E-state index contributed by atoms with van der Waals surface area (Å²) < 4.78 is 0. The third-order valence-electron chi connectivity index (χ3n) is 1.88. The molecule has 0 spiro atoms. The Kier molecular flexibility index (Phi) is 3.77. The number of hydrogen-bond acceptors (Lipinski definition) is 3. The Morgan fingerprint density at radius 2 is 2.36 bits per heavy atom. The van der Waals surface area contributed by atoms with Gasteiger partial charge in [0, 0.05) is 13.6 Å². The second kappa shape index (κ2) is 4.86. The summed E-state index contributed by atoms with van der Waals surface area (Å²) in [5.41, 5.74) is 0.959.